The van der Waals surface area contributed by atoms with Crippen molar-refractivity contribution in [3.63, 3.8) is 0 Å². The summed E-state index contributed by atoms with van der Waals surface area (Å²) in [6.07, 6.45) is 7.79. The fourth-order valence-electron chi connectivity index (χ4n) is 4.90. The van der Waals surface area contributed by atoms with Crippen molar-refractivity contribution < 1.29 is 9.53 Å². The highest BCUT2D eigenvalue weighted by Gasteiger charge is 2.50. The van der Waals surface area contributed by atoms with E-state index in [1.807, 2.05) is 36.5 Å². The zero-order chi connectivity index (χ0) is 23.9. The minimum Gasteiger partial charge on any atom is -0.444 e. The van der Waals surface area contributed by atoms with Gasteiger partial charge in [0.25, 0.3) is 0 Å². The number of amides is 1. The van der Waals surface area contributed by atoms with Crippen LogP contribution in [-0.2, 0) is 17.8 Å². The number of carbonyl (C=O) groups excluding carboxylic acids is 1. The number of aromatic nitrogens is 6. The standard InChI is InChI=1S/C23H35N9O2/c1-5-10-31-13-15(29-30-31)12-24-20-26-19(14-6-7-14)27-21(28-20)25-17-11-16-8-9-18(17)32(16)22(33)34-23(2,3)4/h13-14,16-18H,5-12H2,1-4H3,(H2,24,25,26,27,28)/t16-,17+,18+/m0/s1. The largest absolute Gasteiger partial charge is 0.444 e. The summed E-state index contributed by atoms with van der Waals surface area (Å²) in [6.45, 7) is 9.17. The van der Waals surface area contributed by atoms with Crippen molar-refractivity contribution in [1.82, 2.24) is 34.8 Å². The molecule has 3 aliphatic rings. The quantitative estimate of drug-likeness (QED) is 0.599. The van der Waals surface area contributed by atoms with E-state index < -0.39 is 5.60 Å². The van der Waals surface area contributed by atoms with E-state index in [0.717, 1.165) is 56.6 Å². The van der Waals surface area contributed by atoms with Crippen molar-refractivity contribution in [1.29, 1.82) is 0 Å². The first-order chi connectivity index (χ1) is 16.3. The third-order valence-corrected chi connectivity index (χ3v) is 6.52. The van der Waals surface area contributed by atoms with Crippen LogP contribution in [0.4, 0.5) is 16.7 Å². The number of hydrogen-bond acceptors (Lipinski definition) is 9. The van der Waals surface area contributed by atoms with Crippen LogP contribution in [0.1, 0.15) is 83.7 Å². The van der Waals surface area contributed by atoms with Crippen molar-refractivity contribution in [2.24, 2.45) is 0 Å². The van der Waals surface area contributed by atoms with Gasteiger partial charge in [-0.25, -0.2) is 4.79 Å². The number of anilines is 2. The van der Waals surface area contributed by atoms with Crippen molar-refractivity contribution in [2.75, 3.05) is 10.6 Å². The predicted octanol–water partition coefficient (Wildman–Crippen LogP) is 3.31. The summed E-state index contributed by atoms with van der Waals surface area (Å²) in [5.74, 6) is 2.32. The number of hydrogen-bond donors (Lipinski definition) is 2. The molecule has 2 N–H and O–H groups in total. The van der Waals surface area contributed by atoms with Crippen molar-refractivity contribution in [2.45, 2.75) is 109 Å². The van der Waals surface area contributed by atoms with E-state index in [-0.39, 0.29) is 24.2 Å². The Bertz CT molecular complexity index is 1030. The van der Waals surface area contributed by atoms with E-state index in [9.17, 15) is 4.79 Å². The zero-order valence-electron chi connectivity index (χ0n) is 20.5. The first-order valence-electron chi connectivity index (χ1n) is 12.5. The second kappa shape index (κ2) is 8.99. The average molecular weight is 470 g/mol. The number of rotatable bonds is 8. The van der Waals surface area contributed by atoms with Crippen LogP contribution in [0.2, 0.25) is 0 Å². The van der Waals surface area contributed by atoms with Gasteiger partial charge in [0.1, 0.15) is 17.1 Å². The number of nitrogens with one attached hydrogen (secondary N) is 2. The smallest absolute Gasteiger partial charge is 0.410 e. The Morgan fingerprint density at radius 1 is 1.15 bits per heavy atom. The van der Waals surface area contributed by atoms with E-state index in [0.29, 0.717) is 24.4 Å². The maximum absolute atomic E-state index is 12.8. The Kier molecular flexibility index (Phi) is 6.03. The molecule has 4 heterocycles. The van der Waals surface area contributed by atoms with Crippen LogP contribution in [0.25, 0.3) is 0 Å². The van der Waals surface area contributed by atoms with Crippen LogP contribution in [0, 0.1) is 0 Å². The molecule has 1 saturated carbocycles. The number of aryl methyl sites for hydroxylation is 1. The average Bonchev–Trinajstić information content (AvgIpc) is 3.25. The van der Waals surface area contributed by atoms with Crippen molar-refractivity contribution in [3.8, 4) is 0 Å². The summed E-state index contributed by atoms with van der Waals surface area (Å²) in [4.78, 5) is 28.7. The lowest BCUT2D eigenvalue weighted by molar-refractivity contribution is 0.0214. The summed E-state index contributed by atoms with van der Waals surface area (Å²) in [7, 11) is 0. The fraction of sp³-hybridized carbons (Fsp3) is 0.739. The second-order valence-electron chi connectivity index (χ2n) is 10.6. The summed E-state index contributed by atoms with van der Waals surface area (Å²) < 4.78 is 7.51. The second-order valence-corrected chi connectivity index (χ2v) is 10.6. The maximum Gasteiger partial charge on any atom is 0.410 e. The topological polar surface area (TPSA) is 123 Å². The molecular weight excluding hydrogens is 434 g/mol. The van der Waals surface area contributed by atoms with Gasteiger partial charge < -0.3 is 20.3 Å². The minimum absolute atomic E-state index is 0.0889. The highest BCUT2D eigenvalue weighted by Crippen LogP contribution is 2.41. The molecule has 184 valence electrons. The van der Waals surface area contributed by atoms with Crippen LogP contribution in [0.5, 0.6) is 0 Å². The van der Waals surface area contributed by atoms with Gasteiger partial charge in [0.05, 0.1) is 24.8 Å². The van der Waals surface area contributed by atoms with E-state index in [2.05, 4.69) is 37.8 Å². The fourth-order valence-corrected chi connectivity index (χ4v) is 4.90. The van der Waals surface area contributed by atoms with Crippen LogP contribution >= 0.6 is 0 Å². The molecule has 2 aromatic rings. The Hall–Kier alpha value is -2.98. The van der Waals surface area contributed by atoms with Gasteiger partial charge in [-0.2, -0.15) is 15.0 Å². The Morgan fingerprint density at radius 2 is 1.94 bits per heavy atom. The Labute approximate surface area is 200 Å². The first-order valence-corrected chi connectivity index (χ1v) is 12.5. The molecule has 0 radical (unpaired) electrons. The maximum atomic E-state index is 12.8. The highest BCUT2D eigenvalue weighted by molar-refractivity contribution is 5.70. The van der Waals surface area contributed by atoms with E-state index in [1.54, 1.807) is 0 Å². The van der Waals surface area contributed by atoms with E-state index in [4.69, 9.17) is 9.72 Å². The minimum atomic E-state index is -0.502. The molecule has 2 saturated heterocycles. The van der Waals surface area contributed by atoms with Gasteiger partial charge in [-0.3, -0.25) is 4.68 Å². The lowest BCUT2D eigenvalue weighted by atomic mass is 9.96. The monoisotopic (exact) mass is 469 g/mol. The molecule has 3 atom stereocenters. The normalized spacial score (nSPS) is 23.9. The van der Waals surface area contributed by atoms with Crippen LogP contribution in [0.3, 0.4) is 0 Å². The lowest BCUT2D eigenvalue weighted by Gasteiger charge is -2.28. The molecule has 11 heteroatoms. The molecule has 2 bridgehead atoms. The molecule has 0 unspecified atom stereocenters. The lowest BCUT2D eigenvalue weighted by Crippen LogP contribution is -2.42. The molecule has 11 nitrogen and oxygen atoms in total. The molecule has 2 aromatic heterocycles. The molecular formula is C23H35N9O2. The third kappa shape index (κ3) is 5.07. The molecule has 1 amide bonds. The number of nitrogens with zero attached hydrogens (tertiary/aromatic N) is 7. The molecule has 0 aromatic carbocycles. The van der Waals surface area contributed by atoms with Gasteiger partial charge in [-0.05, 0) is 59.3 Å². The number of ether oxygens (including phenoxy) is 1. The number of fused-ring (bicyclic) bond motifs is 2. The van der Waals surface area contributed by atoms with Gasteiger partial charge >= 0.3 is 6.09 Å². The van der Waals surface area contributed by atoms with Gasteiger partial charge in [0.15, 0.2) is 0 Å². The molecule has 0 spiro atoms. The van der Waals surface area contributed by atoms with Crippen LogP contribution in [-0.4, -0.2) is 64.7 Å². The van der Waals surface area contributed by atoms with E-state index in [1.165, 1.54) is 0 Å². The SMILES string of the molecule is CCCn1cc(CNc2nc(N[C@@H]3C[C@@H]4CC[C@H]3N4C(=O)OC(C)(C)C)nc(C3CC3)n2)nn1. The van der Waals surface area contributed by atoms with Gasteiger partial charge in [0, 0.05) is 18.5 Å². The molecule has 5 rings (SSSR count). The van der Waals surface area contributed by atoms with Gasteiger partial charge in [-0.15, -0.1) is 5.10 Å². The Balaban J connectivity index is 1.27. The van der Waals surface area contributed by atoms with Crippen molar-refractivity contribution >= 4 is 18.0 Å². The zero-order valence-corrected chi connectivity index (χ0v) is 20.5. The van der Waals surface area contributed by atoms with Crippen LogP contribution in [0.15, 0.2) is 6.20 Å². The molecule has 3 fully saturated rings. The first kappa shape index (κ1) is 22.8. The molecule has 1 aliphatic carbocycles. The highest BCUT2D eigenvalue weighted by atomic mass is 16.6. The summed E-state index contributed by atoms with van der Waals surface area (Å²) in [5.41, 5.74) is 0.343. The van der Waals surface area contributed by atoms with Gasteiger partial charge in [0.2, 0.25) is 11.9 Å². The summed E-state index contributed by atoms with van der Waals surface area (Å²) >= 11 is 0. The third-order valence-electron chi connectivity index (χ3n) is 6.52. The summed E-state index contributed by atoms with van der Waals surface area (Å²) in [5, 5.41) is 15.2. The summed E-state index contributed by atoms with van der Waals surface area (Å²) in [6, 6.07) is 0.388. The van der Waals surface area contributed by atoms with Crippen LogP contribution < -0.4 is 10.6 Å². The van der Waals surface area contributed by atoms with E-state index >= 15 is 0 Å². The van der Waals surface area contributed by atoms with Gasteiger partial charge in [-0.1, -0.05) is 12.1 Å². The predicted molar refractivity (Wildman–Crippen MR) is 126 cm³/mol. The molecule has 34 heavy (non-hydrogen) atoms. The number of carbonyl (C=O) groups is 1. The Morgan fingerprint density at radius 3 is 2.68 bits per heavy atom. The molecule has 2 aliphatic heterocycles. The van der Waals surface area contributed by atoms with Crippen molar-refractivity contribution in [3.05, 3.63) is 17.7 Å².